The molecule has 3 saturated heterocycles. The summed E-state index contributed by atoms with van der Waals surface area (Å²) >= 11 is 3.64. The van der Waals surface area contributed by atoms with Crippen molar-refractivity contribution in [2.24, 2.45) is 11.8 Å². The smallest absolute Gasteiger partial charge is 0.312 e. The molecule has 33 heavy (non-hydrogen) atoms. The van der Waals surface area contributed by atoms with Crippen molar-refractivity contribution in [1.29, 1.82) is 0 Å². The van der Waals surface area contributed by atoms with Gasteiger partial charge in [0.05, 0.1) is 17.9 Å². The summed E-state index contributed by atoms with van der Waals surface area (Å²) in [4.78, 5) is 43.8. The van der Waals surface area contributed by atoms with Crippen LogP contribution in [-0.4, -0.2) is 87.6 Å². The molecule has 1 spiro atoms. The van der Waals surface area contributed by atoms with Crippen LogP contribution in [0.3, 0.4) is 0 Å². The summed E-state index contributed by atoms with van der Waals surface area (Å²) in [5.41, 5.74) is -1.09. The molecular weight excluding hydrogens is 492 g/mol. The van der Waals surface area contributed by atoms with Gasteiger partial charge in [0.1, 0.15) is 18.2 Å². The van der Waals surface area contributed by atoms with Crippen LogP contribution in [0.4, 0.5) is 0 Å². The van der Waals surface area contributed by atoms with Crippen LogP contribution in [0.15, 0.2) is 25.3 Å². The maximum atomic E-state index is 13.9. The van der Waals surface area contributed by atoms with E-state index in [0.29, 0.717) is 32.4 Å². The second-order valence-electron chi connectivity index (χ2n) is 9.27. The summed E-state index contributed by atoms with van der Waals surface area (Å²) in [5, 5.41) is 9.12. The van der Waals surface area contributed by atoms with Crippen molar-refractivity contribution < 1.29 is 29.0 Å². The molecular formula is C24H35BrN2O6. The molecule has 3 aliphatic heterocycles. The number of carbonyl (C=O) groups is 3. The molecule has 184 valence electrons. The summed E-state index contributed by atoms with van der Waals surface area (Å²) in [6, 6.07) is -0.919. The van der Waals surface area contributed by atoms with Gasteiger partial charge in [-0.05, 0) is 39.5 Å². The lowest BCUT2D eigenvalue weighted by molar-refractivity contribution is -0.154. The Morgan fingerprint density at radius 3 is 2.67 bits per heavy atom. The lowest BCUT2D eigenvalue weighted by Gasteiger charge is -2.38. The van der Waals surface area contributed by atoms with Crippen LogP contribution in [0.2, 0.25) is 0 Å². The number of rotatable bonds is 12. The first-order valence-corrected chi connectivity index (χ1v) is 12.6. The van der Waals surface area contributed by atoms with Crippen LogP contribution in [-0.2, 0) is 23.9 Å². The third kappa shape index (κ3) is 4.51. The van der Waals surface area contributed by atoms with Crippen molar-refractivity contribution in [3.05, 3.63) is 25.3 Å². The van der Waals surface area contributed by atoms with Crippen molar-refractivity contribution in [2.45, 2.75) is 68.1 Å². The Kier molecular flexibility index (Phi) is 8.40. The molecule has 9 heteroatoms. The summed E-state index contributed by atoms with van der Waals surface area (Å²) in [7, 11) is 0. The van der Waals surface area contributed by atoms with Gasteiger partial charge in [-0.1, -0.05) is 34.7 Å². The number of hydrogen-bond acceptors (Lipinski definition) is 6. The second kappa shape index (κ2) is 10.7. The molecule has 0 radical (unpaired) electrons. The quantitative estimate of drug-likeness (QED) is 0.181. The summed E-state index contributed by atoms with van der Waals surface area (Å²) < 4.78 is 11.8. The number of fused-ring (bicyclic) bond motifs is 1. The third-order valence-electron chi connectivity index (χ3n) is 6.93. The lowest BCUT2D eigenvalue weighted by atomic mass is 9.70. The minimum Gasteiger partial charge on any atom is -0.461 e. The van der Waals surface area contributed by atoms with Crippen molar-refractivity contribution in [3.63, 3.8) is 0 Å². The summed E-state index contributed by atoms with van der Waals surface area (Å²) in [6.07, 6.45) is 5.09. The van der Waals surface area contributed by atoms with Crippen molar-refractivity contribution in [3.8, 4) is 0 Å². The van der Waals surface area contributed by atoms with Crippen LogP contribution < -0.4 is 0 Å². The minimum atomic E-state index is -1.09. The van der Waals surface area contributed by atoms with Crippen LogP contribution in [0.25, 0.3) is 0 Å². The maximum Gasteiger partial charge on any atom is 0.312 e. The maximum absolute atomic E-state index is 13.9. The number of hydrogen-bond donors (Lipinski definition) is 1. The van der Waals surface area contributed by atoms with Crippen LogP contribution >= 0.6 is 15.9 Å². The van der Waals surface area contributed by atoms with Gasteiger partial charge >= 0.3 is 5.97 Å². The first-order valence-electron chi connectivity index (χ1n) is 11.7. The molecule has 0 aromatic heterocycles. The molecule has 0 aromatic rings. The van der Waals surface area contributed by atoms with Crippen LogP contribution in [0, 0.1) is 11.8 Å². The number of amides is 2. The van der Waals surface area contributed by atoms with Gasteiger partial charge in [0.2, 0.25) is 11.8 Å². The molecule has 3 rings (SSSR count). The largest absolute Gasteiger partial charge is 0.461 e. The number of carbonyl (C=O) groups excluding carboxylic acids is 3. The highest BCUT2D eigenvalue weighted by atomic mass is 79.9. The molecule has 0 saturated carbocycles. The zero-order valence-corrected chi connectivity index (χ0v) is 21.0. The number of alkyl halides is 1. The van der Waals surface area contributed by atoms with E-state index in [1.807, 2.05) is 13.8 Å². The van der Waals surface area contributed by atoms with Crippen molar-refractivity contribution in [2.75, 3.05) is 26.3 Å². The number of nitrogens with zero attached hydrogens (tertiary/aromatic N) is 2. The number of ether oxygens (including phenoxy) is 2. The van der Waals surface area contributed by atoms with E-state index < -0.39 is 35.6 Å². The number of likely N-dealkylation sites (tertiary alicyclic amines) is 1. The van der Waals surface area contributed by atoms with Gasteiger partial charge in [-0.3, -0.25) is 14.4 Å². The Morgan fingerprint density at radius 2 is 2.06 bits per heavy atom. The zero-order chi connectivity index (χ0) is 24.3. The monoisotopic (exact) mass is 526 g/mol. The van der Waals surface area contributed by atoms with E-state index in [4.69, 9.17) is 14.6 Å². The topological polar surface area (TPSA) is 96.4 Å². The van der Waals surface area contributed by atoms with Gasteiger partial charge in [-0.25, -0.2) is 0 Å². The average molecular weight is 527 g/mol. The zero-order valence-electron chi connectivity index (χ0n) is 19.5. The first kappa shape index (κ1) is 25.9. The fourth-order valence-electron chi connectivity index (χ4n) is 5.58. The molecule has 3 fully saturated rings. The predicted molar refractivity (Wildman–Crippen MR) is 127 cm³/mol. The summed E-state index contributed by atoms with van der Waals surface area (Å²) in [6.45, 7) is 12.1. The Balaban J connectivity index is 2.00. The SMILES string of the molecule is C=CCOC(=O)[C@H]1[C@H]2C(=O)N(CCCCCO)C(C(=O)N(CC=C)C(C)C)C23CC(Br)[C@@H]1O3. The Morgan fingerprint density at radius 1 is 1.33 bits per heavy atom. The molecule has 3 aliphatic rings. The average Bonchev–Trinajstić information content (AvgIpc) is 3.36. The first-order chi connectivity index (χ1) is 15.7. The van der Waals surface area contributed by atoms with Gasteiger partial charge in [-0.2, -0.15) is 0 Å². The highest BCUT2D eigenvalue weighted by molar-refractivity contribution is 9.09. The fourth-order valence-corrected chi connectivity index (χ4v) is 6.52. The van der Waals surface area contributed by atoms with Crippen molar-refractivity contribution >= 4 is 33.7 Å². The van der Waals surface area contributed by atoms with E-state index in [0.717, 1.165) is 6.42 Å². The molecule has 3 heterocycles. The highest BCUT2D eigenvalue weighted by Crippen LogP contribution is 2.60. The second-order valence-corrected chi connectivity index (χ2v) is 10.4. The van der Waals surface area contributed by atoms with Gasteiger partial charge in [0.15, 0.2) is 0 Å². The standard InChI is InChI=1S/C24H35BrN2O6/c1-5-10-26(15(3)4)22(30)20-24-14-16(25)19(33-24)17(23(31)32-13-6-2)18(24)21(29)27(20)11-8-7-9-12-28/h5-6,15-20,28H,1-2,7-14H2,3-4H3/t16?,17-,18-,19-,20?,24?/m0/s1. The molecule has 1 N–H and O–H groups in total. The van der Waals surface area contributed by atoms with E-state index in [2.05, 4.69) is 29.1 Å². The number of esters is 1. The summed E-state index contributed by atoms with van der Waals surface area (Å²) in [5.74, 6) is -2.46. The van der Waals surface area contributed by atoms with E-state index >= 15 is 0 Å². The van der Waals surface area contributed by atoms with Gasteiger partial charge < -0.3 is 24.4 Å². The molecule has 2 bridgehead atoms. The number of aliphatic hydroxyl groups excluding tert-OH is 1. The Hall–Kier alpha value is -1.71. The van der Waals surface area contributed by atoms with E-state index in [9.17, 15) is 14.4 Å². The third-order valence-corrected chi connectivity index (χ3v) is 7.77. The van der Waals surface area contributed by atoms with E-state index in [1.54, 1.807) is 15.9 Å². The van der Waals surface area contributed by atoms with Crippen LogP contribution in [0.1, 0.15) is 39.5 Å². The predicted octanol–water partition coefficient (Wildman–Crippen LogP) is 2.05. The lowest BCUT2D eigenvalue weighted by Crippen LogP contribution is -2.58. The van der Waals surface area contributed by atoms with Gasteiger partial charge in [-0.15, -0.1) is 6.58 Å². The molecule has 2 amide bonds. The number of aliphatic hydroxyl groups is 1. The van der Waals surface area contributed by atoms with Crippen molar-refractivity contribution in [1.82, 2.24) is 9.80 Å². The highest BCUT2D eigenvalue weighted by Gasteiger charge is 2.77. The minimum absolute atomic E-state index is 0.0522. The number of unbranched alkanes of at least 4 members (excludes halogenated alkanes) is 2. The molecule has 0 aliphatic carbocycles. The molecule has 3 unspecified atom stereocenters. The Bertz CT molecular complexity index is 789. The normalized spacial score (nSPS) is 32.2. The number of halogens is 1. The Labute approximate surface area is 204 Å². The van der Waals surface area contributed by atoms with Gasteiger partial charge in [0, 0.05) is 30.6 Å². The van der Waals surface area contributed by atoms with Gasteiger partial charge in [0.25, 0.3) is 0 Å². The fraction of sp³-hybridized carbons (Fsp3) is 0.708. The molecule has 6 atom stereocenters. The molecule has 8 nitrogen and oxygen atoms in total. The van der Waals surface area contributed by atoms with Crippen LogP contribution in [0.5, 0.6) is 0 Å². The van der Waals surface area contributed by atoms with E-state index in [1.165, 1.54) is 6.08 Å². The van der Waals surface area contributed by atoms with E-state index in [-0.39, 0.29) is 35.9 Å². The molecule has 0 aromatic carbocycles.